The lowest BCUT2D eigenvalue weighted by molar-refractivity contribution is -0.384. The molecule has 3 aromatic rings. The van der Waals surface area contributed by atoms with Gasteiger partial charge in [-0.1, -0.05) is 6.07 Å². The average molecular weight is 388 g/mol. The number of benzene rings is 1. The van der Waals surface area contributed by atoms with Crippen molar-refractivity contribution in [1.82, 2.24) is 15.0 Å². The minimum absolute atomic E-state index is 0.111. The van der Waals surface area contributed by atoms with Crippen LogP contribution in [0.1, 0.15) is 0 Å². The van der Waals surface area contributed by atoms with Crippen LogP contribution in [0.4, 0.5) is 17.2 Å². The number of nitrogens with one attached hydrogen (secondary N) is 1. The molecule has 0 saturated heterocycles. The molecule has 2 heterocycles. The van der Waals surface area contributed by atoms with Gasteiger partial charge in [0.15, 0.2) is 0 Å². The SMILES string of the molecule is O=[N+]([O-])c1cccnc1Nc1cccc(Oc2ncc(Br)cn2)c1. The Balaban J connectivity index is 1.81. The second kappa shape index (κ2) is 7.01. The average Bonchev–Trinajstić information content (AvgIpc) is 2.58. The third kappa shape index (κ3) is 3.82. The summed E-state index contributed by atoms with van der Waals surface area (Å²) in [5.74, 6) is 0.639. The third-order valence-corrected chi connectivity index (χ3v) is 3.30. The quantitative estimate of drug-likeness (QED) is 0.519. The fraction of sp³-hybridized carbons (Fsp3) is 0. The largest absolute Gasteiger partial charge is 0.424 e. The van der Waals surface area contributed by atoms with Gasteiger partial charge in [-0.05, 0) is 34.1 Å². The molecule has 0 fully saturated rings. The van der Waals surface area contributed by atoms with E-state index in [1.165, 1.54) is 18.3 Å². The fourth-order valence-corrected chi connectivity index (χ4v) is 2.08. The molecule has 0 aliphatic heterocycles. The van der Waals surface area contributed by atoms with E-state index in [2.05, 4.69) is 36.2 Å². The topological polar surface area (TPSA) is 103 Å². The van der Waals surface area contributed by atoms with E-state index in [-0.39, 0.29) is 17.5 Å². The van der Waals surface area contributed by atoms with Crippen molar-refractivity contribution in [2.24, 2.45) is 0 Å². The second-order valence-corrected chi connectivity index (χ2v) is 5.48. The number of ether oxygens (including phenoxy) is 1. The summed E-state index contributed by atoms with van der Waals surface area (Å²) in [6.07, 6.45) is 4.62. The van der Waals surface area contributed by atoms with E-state index in [4.69, 9.17) is 4.74 Å². The minimum Gasteiger partial charge on any atom is -0.424 e. The van der Waals surface area contributed by atoms with Gasteiger partial charge in [0, 0.05) is 36.4 Å². The van der Waals surface area contributed by atoms with Crippen molar-refractivity contribution in [1.29, 1.82) is 0 Å². The molecule has 24 heavy (non-hydrogen) atoms. The first-order chi connectivity index (χ1) is 11.6. The van der Waals surface area contributed by atoms with Gasteiger partial charge in [-0.25, -0.2) is 15.0 Å². The Hall–Kier alpha value is -3.07. The fourth-order valence-electron chi connectivity index (χ4n) is 1.87. The Kier molecular flexibility index (Phi) is 4.62. The van der Waals surface area contributed by atoms with E-state index in [0.29, 0.717) is 11.4 Å². The highest BCUT2D eigenvalue weighted by Crippen LogP contribution is 2.27. The molecule has 0 aliphatic carbocycles. The van der Waals surface area contributed by atoms with Crippen molar-refractivity contribution in [3.63, 3.8) is 0 Å². The summed E-state index contributed by atoms with van der Waals surface area (Å²) in [7, 11) is 0. The first kappa shape index (κ1) is 15.8. The number of hydrogen-bond donors (Lipinski definition) is 1. The molecular formula is C15H10BrN5O3. The molecular weight excluding hydrogens is 378 g/mol. The molecule has 0 radical (unpaired) electrons. The molecule has 0 amide bonds. The zero-order valence-electron chi connectivity index (χ0n) is 12.1. The Bertz CT molecular complexity index is 873. The first-order valence-electron chi connectivity index (χ1n) is 6.74. The predicted molar refractivity (Wildman–Crippen MR) is 90.4 cm³/mol. The number of pyridine rings is 1. The van der Waals surface area contributed by atoms with Crippen molar-refractivity contribution >= 4 is 33.1 Å². The van der Waals surface area contributed by atoms with Gasteiger partial charge in [-0.15, -0.1) is 0 Å². The van der Waals surface area contributed by atoms with Crippen LogP contribution in [0.2, 0.25) is 0 Å². The smallest absolute Gasteiger partial charge is 0.321 e. The van der Waals surface area contributed by atoms with Crippen LogP contribution in [-0.4, -0.2) is 19.9 Å². The van der Waals surface area contributed by atoms with Crippen LogP contribution < -0.4 is 10.1 Å². The lowest BCUT2D eigenvalue weighted by Gasteiger charge is -2.08. The highest BCUT2D eigenvalue weighted by molar-refractivity contribution is 9.10. The zero-order chi connectivity index (χ0) is 16.9. The number of aromatic nitrogens is 3. The number of halogens is 1. The Morgan fingerprint density at radius 3 is 2.67 bits per heavy atom. The lowest BCUT2D eigenvalue weighted by atomic mass is 10.3. The van der Waals surface area contributed by atoms with Gasteiger partial charge >= 0.3 is 11.7 Å². The van der Waals surface area contributed by atoms with Gasteiger partial charge in [0.25, 0.3) is 0 Å². The van der Waals surface area contributed by atoms with Gasteiger partial charge in [0.2, 0.25) is 5.82 Å². The van der Waals surface area contributed by atoms with Crippen molar-refractivity contribution in [3.05, 3.63) is 69.6 Å². The molecule has 0 unspecified atom stereocenters. The number of nitro groups is 1. The van der Waals surface area contributed by atoms with E-state index < -0.39 is 4.92 Å². The number of nitrogens with zero attached hydrogens (tertiary/aromatic N) is 4. The monoisotopic (exact) mass is 387 g/mol. The molecule has 1 N–H and O–H groups in total. The summed E-state index contributed by atoms with van der Waals surface area (Å²) >= 11 is 3.25. The number of rotatable bonds is 5. The van der Waals surface area contributed by atoms with E-state index >= 15 is 0 Å². The molecule has 9 heteroatoms. The Labute approximate surface area is 144 Å². The summed E-state index contributed by atoms with van der Waals surface area (Å²) in [6, 6.07) is 9.96. The van der Waals surface area contributed by atoms with Gasteiger partial charge in [-0.3, -0.25) is 10.1 Å². The molecule has 1 aromatic carbocycles. The highest BCUT2D eigenvalue weighted by Gasteiger charge is 2.14. The van der Waals surface area contributed by atoms with Crippen molar-refractivity contribution < 1.29 is 9.66 Å². The van der Waals surface area contributed by atoms with E-state index in [0.717, 1.165) is 4.47 Å². The molecule has 120 valence electrons. The van der Waals surface area contributed by atoms with Crippen molar-refractivity contribution in [2.45, 2.75) is 0 Å². The number of anilines is 2. The van der Waals surface area contributed by atoms with Crippen LogP contribution in [0.25, 0.3) is 0 Å². The van der Waals surface area contributed by atoms with Crippen LogP contribution in [0.3, 0.4) is 0 Å². The molecule has 0 atom stereocenters. The van der Waals surface area contributed by atoms with Gasteiger partial charge < -0.3 is 10.1 Å². The van der Waals surface area contributed by atoms with Gasteiger partial charge in [0.05, 0.1) is 9.40 Å². The molecule has 3 rings (SSSR count). The normalized spacial score (nSPS) is 10.2. The first-order valence-corrected chi connectivity index (χ1v) is 7.53. The van der Waals surface area contributed by atoms with Crippen LogP contribution in [0.5, 0.6) is 11.8 Å². The highest BCUT2D eigenvalue weighted by atomic mass is 79.9. The standard InChI is InChI=1S/C15H10BrN5O3/c16-10-8-18-15(19-9-10)24-12-4-1-3-11(7-12)20-14-13(21(22)23)5-2-6-17-14/h1-9H,(H,17,20). The summed E-state index contributed by atoms with van der Waals surface area (Å²) < 4.78 is 6.30. The van der Waals surface area contributed by atoms with Crippen molar-refractivity contribution in [2.75, 3.05) is 5.32 Å². The molecule has 2 aromatic heterocycles. The maximum atomic E-state index is 11.0. The van der Waals surface area contributed by atoms with Crippen LogP contribution >= 0.6 is 15.9 Å². The summed E-state index contributed by atoms with van der Waals surface area (Å²) in [6.45, 7) is 0. The molecule has 0 aliphatic rings. The molecule has 8 nitrogen and oxygen atoms in total. The summed E-state index contributed by atoms with van der Waals surface area (Å²) in [5, 5.41) is 13.9. The predicted octanol–water partition coefficient (Wildman–Crippen LogP) is 4.08. The van der Waals surface area contributed by atoms with Gasteiger partial charge in [-0.2, -0.15) is 0 Å². The Morgan fingerprint density at radius 2 is 1.92 bits per heavy atom. The third-order valence-electron chi connectivity index (χ3n) is 2.89. The van der Waals surface area contributed by atoms with E-state index in [1.54, 1.807) is 36.7 Å². The van der Waals surface area contributed by atoms with Crippen molar-refractivity contribution in [3.8, 4) is 11.8 Å². The molecule has 0 bridgehead atoms. The van der Waals surface area contributed by atoms with Crippen LogP contribution in [0.15, 0.2) is 59.5 Å². The summed E-state index contributed by atoms with van der Waals surface area (Å²) in [5.41, 5.74) is 0.478. The lowest BCUT2D eigenvalue weighted by Crippen LogP contribution is -1.99. The van der Waals surface area contributed by atoms with Crippen LogP contribution in [-0.2, 0) is 0 Å². The van der Waals surface area contributed by atoms with E-state index in [1.807, 2.05) is 0 Å². The minimum atomic E-state index is -0.495. The van der Waals surface area contributed by atoms with E-state index in [9.17, 15) is 10.1 Å². The summed E-state index contributed by atoms with van der Waals surface area (Å²) in [4.78, 5) is 22.6. The van der Waals surface area contributed by atoms with Crippen LogP contribution in [0, 0.1) is 10.1 Å². The maximum absolute atomic E-state index is 11.0. The number of hydrogen-bond acceptors (Lipinski definition) is 7. The molecule has 0 spiro atoms. The maximum Gasteiger partial charge on any atom is 0.321 e. The Morgan fingerprint density at radius 1 is 1.12 bits per heavy atom. The molecule has 0 saturated carbocycles. The van der Waals surface area contributed by atoms with Gasteiger partial charge in [0.1, 0.15) is 5.75 Å². The zero-order valence-corrected chi connectivity index (χ0v) is 13.7. The second-order valence-electron chi connectivity index (χ2n) is 4.57.